The van der Waals surface area contributed by atoms with Crippen LogP contribution in [0.5, 0.6) is 5.75 Å². The van der Waals surface area contributed by atoms with E-state index >= 15 is 0 Å². The Labute approximate surface area is 265 Å². The van der Waals surface area contributed by atoms with Gasteiger partial charge >= 0.3 is 0 Å². The normalized spacial score (nSPS) is 10.9. The summed E-state index contributed by atoms with van der Waals surface area (Å²) >= 11 is 0. The molecule has 0 N–H and O–H groups in total. The van der Waals surface area contributed by atoms with Crippen LogP contribution in [0.4, 0.5) is 28.4 Å². The van der Waals surface area contributed by atoms with Crippen molar-refractivity contribution in [1.29, 1.82) is 0 Å². The van der Waals surface area contributed by atoms with E-state index in [0.717, 1.165) is 34.2 Å². The Morgan fingerprint density at radius 3 is 1.40 bits per heavy atom. The summed E-state index contributed by atoms with van der Waals surface area (Å²) in [5.74, 6) is 0.856. The van der Waals surface area contributed by atoms with Gasteiger partial charge in [-0.3, -0.25) is 0 Å². The molecule has 0 spiro atoms. The van der Waals surface area contributed by atoms with Crippen LogP contribution in [0.1, 0.15) is 0 Å². The zero-order valence-corrected chi connectivity index (χ0v) is 25.5. The summed E-state index contributed by atoms with van der Waals surface area (Å²) in [7, 11) is 3.77. The lowest BCUT2D eigenvalue weighted by Gasteiger charge is -2.27. The Bertz CT molecular complexity index is 2010. The molecule has 45 heavy (non-hydrogen) atoms. The highest BCUT2D eigenvalue weighted by atomic mass is 16.5. The van der Waals surface area contributed by atoms with Gasteiger partial charge in [-0.25, -0.2) is 0 Å². The molecule has 218 valence electrons. The number of hydrogen-bond acceptors (Lipinski definition) is 3. The minimum Gasteiger partial charge on any atom is -0.497 e. The van der Waals surface area contributed by atoms with E-state index in [1.165, 1.54) is 33.0 Å². The average molecular weight is 583 g/mol. The molecule has 0 atom stereocenters. The molecule has 0 bridgehead atoms. The number of hydrogen-bond donors (Lipinski definition) is 0. The molecule has 0 fully saturated rings. The van der Waals surface area contributed by atoms with Gasteiger partial charge in [0.05, 0.1) is 12.8 Å². The third-order valence-corrected chi connectivity index (χ3v) is 8.41. The first-order valence-corrected chi connectivity index (χ1v) is 15.2. The monoisotopic (exact) mass is 582 g/mol. The molecule has 0 aromatic heterocycles. The zero-order valence-electron chi connectivity index (χ0n) is 25.5. The maximum atomic E-state index is 5.31. The summed E-state index contributed by atoms with van der Waals surface area (Å²) in [4.78, 5) is 4.53. The van der Waals surface area contributed by atoms with E-state index in [2.05, 4.69) is 175 Å². The van der Waals surface area contributed by atoms with Crippen molar-refractivity contribution in [2.24, 2.45) is 0 Å². The molecule has 3 heteroatoms. The first kappa shape index (κ1) is 28.0. The molecule has 0 heterocycles. The molecular weight excluding hydrogens is 548 g/mol. The quantitative estimate of drug-likeness (QED) is 0.177. The van der Waals surface area contributed by atoms with E-state index < -0.39 is 0 Å². The van der Waals surface area contributed by atoms with Gasteiger partial charge in [0.2, 0.25) is 0 Å². The van der Waals surface area contributed by atoms with E-state index in [4.69, 9.17) is 4.74 Å². The van der Waals surface area contributed by atoms with Crippen molar-refractivity contribution >= 4 is 39.2 Å². The summed E-state index contributed by atoms with van der Waals surface area (Å²) in [6, 6.07) is 60.2. The highest BCUT2D eigenvalue weighted by Gasteiger charge is 2.16. The predicted octanol–water partition coefficient (Wildman–Crippen LogP) is 11.4. The third-order valence-electron chi connectivity index (χ3n) is 8.41. The standard InChI is InChI=1S/C42H34N2O/c1-43(37-27-29-40(45-2)30-28-37)36-21-15-33(16-22-36)34-19-25-39(26-20-34)44(42-14-8-12-35-11-6-7-13-41(35)42)38-23-17-32(18-24-38)31-9-4-3-5-10-31/h3-30H,1-2H3. The summed E-state index contributed by atoms with van der Waals surface area (Å²) in [5, 5.41) is 2.44. The Hall–Kier alpha value is -5.80. The molecule has 7 rings (SSSR count). The molecule has 3 nitrogen and oxygen atoms in total. The molecule has 0 unspecified atom stereocenters. The smallest absolute Gasteiger partial charge is 0.119 e. The molecule has 0 aliphatic rings. The van der Waals surface area contributed by atoms with Crippen molar-refractivity contribution in [3.8, 4) is 28.0 Å². The van der Waals surface area contributed by atoms with Gasteiger partial charge in [-0.05, 0) is 94.4 Å². The van der Waals surface area contributed by atoms with E-state index in [-0.39, 0.29) is 0 Å². The van der Waals surface area contributed by atoms with Crippen LogP contribution in [0.25, 0.3) is 33.0 Å². The molecule has 0 aliphatic carbocycles. The van der Waals surface area contributed by atoms with Crippen LogP contribution in [0.15, 0.2) is 170 Å². The maximum Gasteiger partial charge on any atom is 0.119 e. The van der Waals surface area contributed by atoms with Gasteiger partial charge in [-0.15, -0.1) is 0 Å². The van der Waals surface area contributed by atoms with Gasteiger partial charge in [-0.1, -0.05) is 103 Å². The van der Waals surface area contributed by atoms with Crippen LogP contribution in [0, 0.1) is 0 Å². The van der Waals surface area contributed by atoms with Crippen molar-refractivity contribution < 1.29 is 4.74 Å². The Kier molecular flexibility index (Phi) is 7.74. The Balaban J connectivity index is 1.21. The van der Waals surface area contributed by atoms with Gasteiger partial charge in [0.25, 0.3) is 0 Å². The molecule has 0 saturated heterocycles. The number of methoxy groups -OCH3 is 1. The second-order valence-electron chi connectivity index (χ2n) is 11.1. The fourth-order valence-corrected chi connectivity index (χ4v) is 5.90. The molecule has 0 saturated carbocycles. The number of benzene rings is 7. The van der Waals surface area contributed by atoms with E-state index in [1.807, 2.05) is 12.1 Å². The van der Waals surface area contributed by atoms with Crippen molar-refractivity contribution in [3.63, 3.8) is 0 Å². The molecular formula is C42H34N2O. The number of rotatable bonds is 8. The second kappa shape index (κ2) is 12.4. The van der Waals surface area contributed by atoms with Crippen LogP contribution in [0.2, 0.25) is 0 Å². The van der Waals surface area contributed by atoms with Gasteiger partial charge in [0.1, 0.15) is 5.75 Å². The van der Waals surface area contributed by atoms with E-state index in [0.29, 0.717) is 0 Å². The molecule has 0 amide bonds. The summed E-state index contributed by atoms with van der Waals surface area (Å²) in [5.41, 5.74) is 10.4. The zero-order chi connectivity index (χ0) is 30.6. The van der Waals surface area contributed by atoms with Crippen molar-refractivity contribution in [2.45, 2.75) is 0 Å². The minimum absolute atomic E-state index is 0.856. The van der Waals surface area contributed by atoms with Crippen LogP contribution in [-0.4, -0.2) is 14.2 Å². The van der Waals surface area contributed by atoms with Crippen molar-refractivity contribution in [1.82, 2.24) is 0 Å². The van der Waals surface area contributed by atoms with Crippen LogP contribution in [-0.2, 0) is 0 Å². The lowest BCUT2D eigenvalue weighted by atomic mass is 10.0. The van der Waals surface area contributed by atoms with Crippen LogP contribution < -0.4 is 14.5 Å². The second-order valence-corrected chi connectivity index (χ2v) is 11.1. The lowest BCUT2D eigenvalue weighted by Crippen LogP contribution is -2.10. The predicted molar refractivity (Wildman–Crippen MR) is 191 cm³/mol. The van der Waals surface area contributed by atoms with Crippen LogP contribution >= 0.6 is 0 Å². The van der Waals surface area contributed by atoms with Crippen molar-refractivity contribution in [2.75, 3.05) is 24.0 Å². The molecule has 0 radical (unpaired) electrons. The van der Waals surface area contributed by atoms with Crippen molar-refractivity contribution in [3.05, 3.63) is 170 Å². The average Bonchev–Trinajstić information content (AvgIpc) is 3.13. The molecule has 7 aromatic rings. The number of anilines is 5. The number of fused-ring (bicyclic) bond motifs is 1. The third kappa shape index (κ3) is 5.76. The first-order valence-electron chi connectivity index (χ1n) is 15.2. The largest absolute Gasteiger partial charge is 0.497 e. The topological polar surface area (TPSA) is 15.7 Å². The fourth-order valence-electron chi connectivity index (χ4n) is 5.90. The Morgan fingerprint density at radius 2 is 0.844 bits per heavy atom. The maximum absolute atomic E-state index is 5.31. The number of ether oxygens (including phenoxy) is 1. The van der Waals surface area contributed by atoms with Gasteiger partial charge in [0, 0.05) is 35.2 Å². The minimum atomic E-state index is 0.856. The fraction of sp³-hybridized carbons (Fsp3) is 0.0476. The molecule has 0 aliphatic heterocycles. The Morgan fingerprint density at radius 1 is 0.400 bits per heavy atom. The van der Waals surface area contributed by atoms with E-state index in [1.54, 1.807) is 7.11 Å². The highest BCUT2D eigenvalue weighted by molar-refractivity contribution is 5.99. The summed E-state index contributed by atoms with van der Waals surface area (Å²) in [6.07, 6.45) is 0. The summed E-state index contributed by atoms with van der Waals surface area (Å²) < 4.78 is 5.31. The lowest BCUT2D eigenvalue weighted by molar-refractivity contribution is 0.415. The van der Waals surface area contributed by atoms with Gasteiger partial charge < -0.3 is 14.5 Å². The highest BCUT2D eigenvalue weighted by Crippen LogP contribution is 2.40. The van der Waals surface area contributed by atoms with Gasteiger partial charge in [0.15, 0.2) is 0 Å². The SMILES string of the molecule is COc1ccc(N(C)c2ccc(-c3ccc(N(c4ccc(-c5ccccc5)cc4)c4cccc5ccccc45)cc3)cc2)cc1. The summed E-state index contributed by atoms with van der Waals surface area (Å²) in [6.45, 7) is 0. The van der Waals surface area contributed by atoms with Gasteiger partial charge in [-0.2, -0.15) is 0 Å². The van der Waals surface area contributed by atoms with E-state index in [9.17, 15) is 0 Å². The number of nitrogens with zero attached hydrogens (tertiary/aromatic N) is 2. The van der Waals surface area contributed by atoms with Crippen LogP contribution in [0.3, 0.4) is 0 Å². The first-order chi connectivity index (χ1) is 22.2. The molecule has 7 aromatic carbocycles.